The number of carbonyl (C=O) groups excluding carboxylic acids is 1. The number of halogens is 1. The van der Waals surface area contributed by atoms with Crippen LogP contribution in [0.4, 0.5) is 5.69 Å². The number of hydrogen-bond donors (Lipinski definition) is 1. The molecule has 1 aromatic heterocycles. The van der Waals surface area contributed by atoms with Gasteiger partial charge in [-0.25, -0.2) is 0 Å². The number of ether oxygens (including phenoxy) is 1. The Morgan fingerprint density at radius 2 is 2.10 bits per heavy atom. The fraction of sp³-hybridized carbons (Fsp3) is 0.267. The largest absolute Gasteiger partial charge is 0.491 e. The predicted octanol–water partition coefficient (Wildman–Crippen LogP) is 4.86. The Kier molecular flexibility index (Phi) is 4.83. The molecule has 1 N–H and O–H groups in total. The second kappa shape index (κ2) is 6.41. The lowest BCUT2D eigenvalue weighted by atomic mass is 10.2. The zero-order valence-corrected chi connectivity index (χ0v) is 14.0. The average Bonchev–Trinajstić information content (AvgIpc) is 2.78. The summed E-state index contributed by atoms with van der Waals surface area (Å²) in [5, 5.41) is 4.74. The zero-order valence-electron chi connectivity index (χ0n) is 11.6. The van der Waals surface area contributed by atoms with Crippen molar-refractivity contribution in [2.75, 3.05) is 5.32 Å². The van der Waals surface area contributed by atoms with Crippen molar-refractivity contribution in [2.45, 2.75) is 26.9 Å². The Balaban J connectivity index is 2.11. The number of amides is 1. The number of rotatable bonds is 4. The van der Waals surface area contributed by atoms with Gasteiger partial charge in [0.2, 0.25) is 0 Å². The molecular weight excluding hydrogens is 338 g/mol. The van der Waals surface area contributed by atoms with Crippen molar-refractivity contribution in [1.82, 2.24) is 0 Å². The van der Waals surface area contributed by atoms with E-state index in [1.165, 1.54) is 11.3 Å². The molecule has 0 aliphatic heterocycles. The van der Waals surface area contributed by atoms with Crippen LogP contribution < -0.4 is 10.1 Å². The number of benzene rings is 1. The molecule has 0 saturated carbocycles. The predicted molar refractivity (Wildman–Crippen MR) is 86.9 cm³/mol. The molecule has 0 fully saturated rings. The first-order valence-electron chi connectivity index (χ1n) is 6.28. The summed E-state index contributed by atoms with van der Waals surface area (Å²) in [5.41, 5.74) is 2.43. The van der Waals surface area contributed by atoms with Crippen molar-refractivity contribution in [3.8, 4) is 5.75 Å². The first-order valence-corrected chi connectivity index (χ1v) is 7.95. The fourth-order valence-corrected chi connectivity index (χ4v) is 2.88. The van der Waals surface area contributed by atoms with Gasteiger partial charge in [0.05, 0.1) is 15.5 Å². The summed E-state index contributed by atoms with van der Waals surface area (Å²) in [6, 6.07) is 7.48. The molecule has 0 saturated heterocycles. The maximum atomic E-state index is 12.1. The van der Waals surface area contributed by atoms with E-state index in [-0.39, 0.29) is 12.0 Å². The molecule has 0 atom stereocenters. The molecule has 0 radical (unpaired) electrons. The summed E-state index contributed by atoms with van der Waals surface area (Å²) in [6.45, 7) is 5.92. The van der Waals surface area contributed by atoms with Gasteiger partial charge in [-0.05, 0) is 66.5 Å². The van der Waals surface area contributed by atoms with Crippen LogP contribution >= 0.6 is 27.3 Å². The normalized spacial score (nSPS) is 10.7. The highest BCUT2D eigenvalue weighted by Crippen LogP contribution is 2.25. The van der Waals surface area contributed by atoms with Crippen LogP contribution in [-0.4, -0.2) is 12.0 Å². The van der Waals surface area contributed by atoms with Gasteiger partial charge in [-0.15, -0.1) is 11.3 Å². The lowest BCUT2D eigenvalue weighted by Gasteiger charge is -2.13. The number of hydrogen-bond acceptors (Lipinski definition) is 3. The molecule has 2 rings (SSSR count). The molecule has 1 amide bonds. The van der Waals surface area contributed by atoms with Gasteiger partial charge < -0.3 is 10.1 Å². The van der Waals surface area contributed by atoms with Crippen LogP contribution in [0.1, 0.15) is 29.8 Å². The molecule has 106 valence electrons. The second-order valence-electron chi connectivity index (χ2n) is 4.74. The van der Waals surface area contributed by atoms with E-state index >= 15 is 0 Å². The zero-order chi connectivity index (χ0) is 14.7. The van der Waals surface area contributed by atoms with Crippen molar-refractivity contribution in [3.63, 3.8) is 0 Å². The molecule has 0 unspecified atom stereocenters. The van der Waals surface area contributed by atoms with E-state index < -0.39 is 0 Å². The molecule has 1 heterocycles. The molecule has 0 aliphatic carbocycles. The van der Waals surface area contributed by atoms with Crippen LogP contribution in [0.25, 0.3) is 0 Å². The Labute approximate surface area is 131 Å². The summed E-state index contributed by atoms with van der Waals surface area (Å²) in [6.07, 6.45) is 0.137. The SMILES string of the molecule is Cc1cc(OC(C)C)ccc1NC(=O)c1csc(Br)c1. The highest BCUT2D eigenvalue weighted by Gasteiger charge is 2.10. The topological polar surface area (TPSA) is 38.3 Å². The third kappa shape index (κ3) is 3.84. The minimum absolute atomic E-state index is 0.104. The monoisotopic (exact) mass is 353 g/mol. The highest BCUT2D eigenvalue weighted by molar-refractivity contribution is 9.11. The van der Waals surface area contributed by atoms with Crippen LogP contribution in [0.15, 0.2) is 33.4 Å². The van der Waals surface area contributed by atoms with Crippen LogP contribution in [-0.2, 0) is 0 Å². The van der Waals surface area contributed by atoms with Crippen molar-refractivity contribution in [2.24, 2.45) is 0 Å². The Bertz CT molecular complexity index is 622. The Morgan fingerprint density at radius 1 is 1.35 bits per heavy atom. The molecule has 20 heavy (non-hydrogen) atoms. The Hall–Kier alpha value is -1.33. The van der Waals surface area contributed by atoms with Crippen molar-refractivity contribution >= 4 is 38.9 Å². The smallest absolute Gasteiger partial charge is 0.256 e. The maximum Gasteiger partial charge on any atom is 0.256 e. The van der Waals surface area contributed by atoms with Crippen molar-refractivity contribution < 1.29 is 9.53 Å². The Morgan fingerprint density at radius 3 is 2.65 bits per heavy atom. The summed E-state index contributed by atoms with van der Waals surface area (Å²) in [5.74, 6) is 0.710. The molecule has 1 aromatic carbocycles. The fourth-order valence-electron chi connectivity index (χ4n) is 1.75. The first-order chi connectivity index (χ1) is 9.45. The number of nitrogens with one attached hydrogen (secondary N) is 1. The van der Waals surface area contributed by atoms with Gasteiger partial charge in [0.15, 0.2) is 0 Å². The van der Waals surface area contributed by atoms with E-state index in [2.05, 4.69) is 21.2 Å². The summed E-state index contributed by atoms with van der Waals surface area (Å²) >= 11 is 4.85. The molecular formula is C15H16BrNO2S. The van der Waals surface area contributed by atoms with Crippen LogP contribution in [0.5, 0.6) is 5.75 Å². The van der Waals surface area contributed by atoms with E-state index in [1.54, 1.807) is 0 Å². The van der Waals surface area contributed by atoms with Gasteiger partial charge in [0.25, 0.3) is 5.91 Å². The highest BCUT2D eigenvalue weighted by atomic mass is 79.9. The molecule has 3 nitrogen and oxygen atoms in total. The number of anilines is 1. The van der Waals surface area contributed by atoms with Crippen LogP contribution in [0.3, 0.4) is 0 Å². The molecule has 0 spiro atoms. The van der Waals surface area contributed by atoms with Crippen LogP contribution in [0, 0.1) is 6.92 Å². The van der Waals surface area contributed by atoms with Gasteiger partial charge in [0.1, 0.15) is 5.75 Å². The minimum atomic E-state index is -0.104. The molecule has 2 aromatic rings. The van der Waals surface area contributed by atoms with Crippen LogP contribution in [0.2, 0.25) is 0 Å². The quantitative estimate of drug-likeness (QED) is 0.852. The van der Waals surface area contributed by atoms with Crippen molar-refractivity contribution in [3.05, 3.63) is 44.6 Å². The lowest BCUT2D eigenvalue weighted by molar-refractivity contribution is 0.102. The number of carbonyl (C=O) groups is 1. The molecule has 0 bridgehead atoms. The van der Waals surface area contributed by atoms with E-state index in [0.29, 0.717) is 5.56 Å². The van der Waals surface area contributed by atoms with Gasteiger partial charge in [-0.1, -0.05) is 0 Å². The van der Waals surface area contributed by atoms with E-state index in [4.69, 9.17) is 4.74 Å². The van der Waals surface area contributed by atoms with Gasteiger partial charge >= 0.3 is 0 Å². The van der Waals surface area contributed by atoms with Gasteiger partial charge in [-0.2, -0.15) is 0 Å². The van der Waals surface area contributed by atoms with Gasteiger partial charge in [-0.3, -0.25) is 4.79 Å². The minimum Gasteiger partial charge on any atom is -0.491 e. The van der Waals surface area contributed by atoms with Crippen molar-refractivity contribution in [1.29, 1.82) is 0 Å². The number of aryl methyl sites for hydroxylation is 1. The molecule has 0 aliphatic rings. The first kappa shape index (κ1) is 15.1. The maximum absolute atomic E-state index is 12.1. The average molecular weight is 354 g/mol. The number of thiophene rings is 1. The van der Waals surface area contributed by atoms with Gasteiger partial charge in [0, 0.05) is 11.1 Å². The van der Waals surface area contributed by atoms with E-state index in [9.17, 15) is 4.79 Å². The molecule has 5 heteroatoms. The van der Waals surface area contributed by atoms with E-state index in [0.717, 1.165) is 20.8 Å². The third-order valence-corrected chi connectivity index (χ3v) is 4.15. The summed E-state index contributed by atoms with van der Waals surface area (Å²) < 4.78 is 6.57. The summed E-state index contributed by atoms with van der Waals surface area (Å²) in [7, 11) is 0. The summed E-state index contributed by atoms with van der Waals surface area (Å²) in [4.78, 5) is 12.1. The lowest BCUT2D eigenvalue weighted by Crippen LogP contribution is -2.12. The van der Waals surface area contributed by atoms with E-state index in [1.807, 2.05) is 50.4 Å². The second-order valence-corrected chi connectivity index (χ2v) is 7.03. The standard InChI is InChI=1S/C15H16BrNO2S/c1-9(2)19-12-4-5-13(10(3)6-12)17-15(18)11-7-14(16)20-8-11/h4-9H,1-3H3,(H,17,18). The third-order valence-electron chi connectivity index (χ3n) is 2.65.